The van der Waals surface area contributed by atoms with Crippen molar-refractivity contribution in [1.82, 2.24) is 0 Å². The second-order valence-corrected chi connectivity index (χ2v) is 17.1. The van der Waals surface area contributed by atoms with Gasteiger partial charge in [-0.15, -0.1) is 0 Å². The van der Waals surface area contributed by atoms with Crippen molar-refractivity contribution in [1.29, 1.82) is 0 Å². The zero-order chi connectivity index (χ0) is 41.3. The number of allylic oxidation sites excluding steroid dienone is 12. The Hall–Kier alpha value is -2.06. The van der Waals surface area contributed by atoms with Crippen LogP contribution in [0.3, 0.4) is 0 Å². The van der Waals surface area contributed by atoms with Crippen molar-refractivity contribution in [3.63, 3.8) is 0 Å². The summed E-state index contributed by atoms with van der Waals surface area (Å²) in [6, 6.07) is 0. The summed E-state index contributed by atoms with van der Waals surface area (Å²) in [6.07, 6.45) is 50.8. The third-order valence-electron chi connectivity index (χ3n) is 9.00. The average molecular weight is 807 g/mol. The van der Waals surface area contributed by atoms with Crippen LogP contribution in [-0.4, -0.2) is 75.6 Å². The molecule has 2 unspecified atom stereocenters. The summed E-state index contributed by atoms with van der Waals surface area (Å²) < 4.78 is 34.9. The predicted octanol–water partition coefficient (Wildman–Crippen LogP) is 13.1. The molecule has 0 fully saturated rings. The first-order chi connectivity index (χ1) is 27.1. The summed E-state index contributed by atoms with van der Waals surface area (Å²) in [4.78, 5) is 22.8. The maximum absolute atomic E-state index is 12.7. The smallest absolute Gasteiger partial charge is 0.457 e. The number of nitrogens with zero attached hydrogens (tertiary/aromatic N) is 1. The van der Waals surface area contributed by atoms with Gasteiger partial charge in [-0.1, -0.05) is 145 Å². The van der Waals surface area contributed by atoms with Gasteiger partial charge in [-0.3, -0.25) is 13.8 Å². The third kappa shape index (κ3) is 43.1. The van der Waals surface area contributed by atoms with Gasteiger partial charge in [0.25, 0.3) is 0 Å². The highest BCUT2D eigenvalue weighted by molar-refractivity contribution is 7.47. The molecule has 56 heavy (non-hydrogen) atoms. The van der Waals surface area contributed by atoms with Gasteiger partial charge in [0.15, 0.2) is 0 Å². The fraction of sp³-hybridized carbons (Fsp3) is 0.723. The minimum absolute atomic E-state index is 0.0802. The van der Waals surface area contributed by atoms with Crippen molar-refractivity contribution in [3.8, 4) is 0 Å². The number of phosphoric acid groups is 1. The summed E-state index contributed by atoms with van der Waals surface area (Å²) in [5.41, 5.74) is 0. The minimum atomic E-state index is -4.28. The van der Waals surface area contributed by atoms with Crippen LogP contribution in [0, 0.1) is 0 Å². The topological polar surface area (TPSA) is 91.3 Å². The van der Waals surface area contributed by atoms with Crippen LogP contribution in [0.1, 0.15) is 162 Å². The van der Waals surface area contributed by atoms with Crippen LogP contribution in [0.2, 0.25) is 0 Å². The molecule has 0 amide bonds. The van der Waals surface area contributed by atoms with Gasteiger partial charge in [0.05, 0.1) is 34.4 Å². The van der Waals surface area contributed by atoms with E-state index in [1.54, 1.807) is 0 Å². The zero-order valence-electron chi connectivity index (χ0n) is 36.6. The molecule has 0 bridgehead atoms. The van der Waals surface area contributed by atoms with E-state index in [-0.39, 0.29) is 25.8 Å². The number of unbranched alkanes of at least 4 members (excludes halogenated alkanes) is 14. The van der Waals surface area contributed by atoms with E-state index in [0.717, 1.165) is 89.9 Å². The first-order valence-corrected chi connectivity index (χ1v) is 23.7. The Balaban J connectivity index is 4.24. The molecule has 0 saturated carbocycles. The van der Waals surface area contributed by atoms with Gasteiger partial charge in [0, 0.05) is 13.0 Å². The van der Waals surface area contributed by atoms with Crippen molar-refractivity contribution in [2.45, 2.75) is 168 Å². The van der Waals surface area contributed by atoms with Crippen molar-refractivity contribution in [2.24, 2.45) is 0 Å². The molecule has 0 heterocycles. The lowest BCUT2D eigenvalue weighted by Gasteiger charge is -2.24. The highest BCUT2D eigenvalue weighted by Crippen LogP contribution is 2.43. The standard InChI is InChI=1S/C47H84NO7P/c1-6-8-10-12-14-16-18-20-21-22-23-24-25-26-27-28-29-31-33-35-37-39-42-52-44-46(45-54-56(50,51)53-43-41-48(3,4)5)55-47(49)40-38-36-34-32-30-19-17-15-13-11-9-7-2/h8,10,14-17,20-21,23-24,26-27,46H,6-7,9,11-13,18-19,22,25,28-45H2,1-5H3/p+1/b10-8-,16-14-,17-15-,21-20-,24-23-,27-26-. The molecule has 0 aromatic rings. The van der Waals surface area contributed by atoms with Crippen LogP contribution >= 0.6 is 7.82 Å². The van der Waals surface area contributed by atoms with Crippen molar-refractivity contribution in [3.05, 3.63) is 72.9 Å². The van der Waals surface area contributed by atoms with E-state index in [2.05, 4.69) is 86.8 Å². The molecule has 0 aliphatic heterocycles. The normalized spacial score (nSPS) is 14.5. The molecule has 0 saturated heterocycles. The first-order valence-electron chi connectivity index (χ1n) is 22.2. The summed E-state index contributed by atoms with van der Waals surface area (Å²) in [7, 11) is 1.64. The second-order valence-electron chi connectivity index (χ2n) is 15.7. The predicted molar refractivity (Wildman–Crippen MR) is 238 cm³/mol. The Bertz CT molecular complexity index is 1120. The molecular formula is C47H85NO7P+. The minimum Gasteiger partial charge on any atom is -0.457 e. The number of carbonyl (C=O) groups excluding carboxylic acids is 1. The van der Waals surface area contributed by atoms with Gasteiger partial charge in [-0.2, -0.15) is 0 Å². The molecular weight excluding hydrogens is 721 g/mol. The quantitative estimate of drug-likeness (QED) is 0.0217. The molecule has 0 aliphatic rings. The van der Waals surface area contributed by atoms with E-state index in [1.165, 1.54) is 51.4 Å². The molecule has 0 aromatic carbocycles. The van der Waals surface area contributed by atoms with E-state index in [0.29, 0.717) is 24.1 Å². The van der Waals surface area contributed by atoms with Crippen LogP contribution in [0.4, 0.5) is 0 Å². The van der Waals surface area contributed by atoms with E-state index in [9.17, 15) is 14.3 Å². The van der Waals surface area contributed by atoms with Crippen molar-refractivity contribution >= 4 is 13.8 Å². The molecule has 0 aromatic heterocycles. The Kier molecular flexibility index (Phi) is 38.3. The van der Waals surface area contributed by atoms with Crippen LogP contribution in [0.25, 0.3) is 0 Å². The molecule has 2 atom stereocenters. The average Bonchev–Trinajstić information content (AvgIpc) is 3.15. The molecule has 0 spiro atoms. The molecule has 0 rings (SSSR count). The zero-order valence-corrected chi connectivity index (χ0v) is 37.5. The monoisotopic (exact) mass is 807 g/mol. The van der Waals surface area contributed by atoms with Crippen molar-refractivity contribution < 1.29 is 37.3 Å². The van der Waals surface area contributed by atoms with E-state index in [1.807, 2.05) is 21.1 Å². The van der Waals surface area contributed by atoms with Gasteiger partial charge in [-0.25, -0.2) is 4.57 Å². The summed E-state index contributed by atoms with van der Waals surface area (Å²) in [6.45, 7) is 5.42. The lowest BCUT2D eigenvalue weighted by atomic mass is 10.1. The van der Waals surface area contributed by atoms with E-state index in [4.69, 9.17) is 18.5 Å². The highest BCUT2D eigenvalue weighted by atomic mass is 31.2. The molecule has 1 N–H and O–H groups in total. The molecule has 9 heteroatoms. The molecule has 324 valence electrons. The van der Waals surface area contributed by atoms with Crippen LogP contribution < -0.4 is 0 Å². The summed E-state index contributed by atoms with van der Waals surface area (Å²) >= 11 is 0. The molecule has 8 nitrogen and oxygen atoms in total. The van der Waals surface area contributed by atoms with Crippen LogP contribution in [0.5, 0.6) is 0 Å². The summed E-state index contributed by atoms with van der Waals surface area (Å²) in [5.74, 6) is -0.333. The Labute approximate surface area is 344 Å². The SMILES string of the molecule is CC/C=C\C/C=C\C/C=C\C/C=C\C/C=C\CCCCCCCCOCC(COP(=O)(O)OCC[N+](C)(C)C)OC(=O)CCCCCCC/C=C\CCCCC. The van der Waals surface area contributed by atoms with Gasteiger partial charge < -0.3 is 18.9 Å². The number of esters is 1. The lowest BCUT2D eigenvalue weighted by molar-refractivity contribution is -0.870. The van der Waals surface area contributed by atoms with Gasteiger partial charge in [-0.05, 0) is 83.5 Å². The highest BCUT2D eigenvalue weighted by Gasteiger charge is 2.26. The number of likely N-dealkylation sites (N-methyl/N-ethyl adjacent to an activating group) is 1. The second kappa shape index (κ2) is 39.8. The number of phosphoric ester groups is 1. The number of carbonyl (C=O) groups is 1. The number of hydrogen-bond acceptors (Lipinski definition) is 6. The van der Waals surface area contributed by atoms with Gasteiger partial charge in [0.2, 0.25) is 0 Å². The largest absolute Gasteiger partial charge is 0.472 e. The Morgan fingerprint density at radius 3 is 1.57 bits per heavy atom. The van der Waals surface area contributed by atoms with Crippen LogP contribution in [0.15, 0.2) is 72.9 Å². The Morgan fingerprint density at radius 2 is 1.04 bits per heavy atom. The van der Waals surface area contributed by atoms with Crippen molar-refractivity contribution in [2.75, 3.05) is 54.1 Å². The maximum Gasteiger partial charge on any atom is 0.472 e. The van der Waals surface area contributed by atoms with E-state index >= 15 is 0 Å². The van der Waals surface area contributed by atoms with E-state index < -0.39 is 13.9 Å². The maximum atomic E-state index is 12.7. The fourth-order valence-corrected chi connectivity index (χ4v) is 6.31. The fourth-order valence-electron chi connectivity index (χ4n) is 5.57. The Morgan fingerprint density at radius 1 is 0.571 bits per heavy atom. The van der Waals surface area contributed by atoms with Gasteiger partial charge >= 0.3 is 13.8 Å². The number of ether oxygens (including phenoxy) is 2. The molecule has 0 aliphatic carbocycles. The third-order valence-corrected chi connectivity index (χ3v) is 9.99. The number of hydrogen-bond donors (Lipinski definition) is 1. The molecule has 0 radical (unpaired) electrons. The van der Waals surface area contributed by atoms with Gasteiger partial charge in [0.1, 0.15) is 19.3 Å². The number of quaternary nitrogens is 1. The summed E-state index contributed by atoms with van der Waals surface area (Å²) in [5, 5.41) is 0. The first kappa shape index (κ1) is 53.9. The number of rotatable bonds is 40. The van der Waals surface area contributed by atoms with Crippen LogP contribution in [-0.2, 0) is 27.9 Å². The lowest BCUT2D eigenvalue weighted by Crippen LogP contribution is -2.37.